The molecule has 0 aliphatic heterocycles. The Bertz CT molecular complexity index is 878. The Morgan fingerprint density at radius 3 is 2.71 bits per heavy atom. The van der Waals surface area contributed by atoms with Gasteiger partial charge in [-0.1, -0.05) is 11.6 Å². The molecule has 106 valence electrons. The number of aromatic nitrogens is 3. The average molecular weight is 308 g/mol. The first-order valence-electron chi connectivity index (χ1n) is 5.74. The third kappa shape index (κ3) is 2.17. The van der Waals surface area contributed by atoms with Crippen molar-refractivity contribution in [1.29, 1.82) is 0 Å². The molecule has 21 heavy (non-hydrogen) atoms. The van der Waals surface area contributed by atoms with Gasteiger partial charge >= 0.3 is 5.97 Å². The smallest absolute Gasteiger partial charge is 0.337 e. The topological polar surface area (TPSA) is 87.7 Å². The number of halogens is 2. The van der Waals surface area contributed by atoms with Crippen LogP contribution in [0.15, 0.2) is 30.5 Å². The number of phenols is 1. The predicted octanol–water partition coefficient (Wildman–Crippen LogP) is 2.59. The minimum absolute atomic E-state index is 0.0684. The molecule has 0 unspecified atom stereocenters. The molecule has 1 aromatic carbocycles. The van der Waals surface area contributed by atoms with Crippen LogP contribution >= 0.6 is 11.6 Å². The highest BCUT2D eigenvalue weighted by Gasteiger charge is 2.17. The van der Waals surface area contributed by atoms with E-state index in [1.807, 2.05) is 0 Å². The van der Waals surface area contributed by atoms with E-state index in [2.05, 4.69) is 10.2 Å². The van der Waals surface area contributed by atoms with E-state index in [4.69, 9.17) is 16.7 Å². The van der Waals surface area contributed by atoms with Gasteiger partial charge in [-0.05, 0) is 18.2 Å². The van der Waals surface area contributed by atoms with E-state index in [0.717, 1.165) is 6.07 Å². The molecule has 2 aromatic heterocycles. The summed E-state index contributed by atoms with van der Waals surface area (Å²) in [6.07, 6.45) is 1.26. The van der Waals surface area contributed by atoms with Crippen molar-refractivity contribution >= 4 is 23.2 Å². The van der Waals surface area contributed by atoms with Crippen LogP contribution < -0.4 is 0 Å². The van der Waals surface area contributed by atoms with Crippen molar-refractivity contribution in [2.75, 3.05) is 0 Å². The summed E-state index contributed by atoms with van der Waals surface area (Å²) in [5.74, 6) is -2.02. The molecule has 0 saturated carbocycles. The number of carboxylic acids is 1. The lowest BCUT2D eigenvalue weighted by atomic mass is 10.2. The lowest BCUT2D eigenvalue weighted by Crippen LogP contribution is -2.01. The Morgan fingerprint density at radius 1 is 1.29 bits per heavy atom. The summed E-state index contributed by atoms with van der Waals surface area (Å²) < 4.78 is 15.2. The summed E-state index contributed by atoms with van der Waals surface area (Å²) >= 11 is 5.95. The second kappa shape index (κ2) is 4.71. The average Bonchev–Trinajstić information content (AvgIpc) is 2.83. The van der Waals surface area contributed by atoms with Gasteiger partial charge < -0.3 is 10.2 Å². The zero-order valence-corrected chi connectivity index (χ0v) is 11.0. The fourth-order valence-corrected chi connectivity index (χ4v) is 2.19. The first-order valence-corrected chi connectivity index (χ1v) is 6.11. The molecule has 0 aliphatic carbocycles. The van der Waals surface area contributed by atoms with E-state index >= 15 is 0 Å². The number of nitrogens with zero attached hydrogens (tertiary/aromatic N) is 3. The Morgan fingerprint density at radius 2 is 2.05 bits per heavy atom. The summed E-state index contributed by atoms with van der Waals surface area (Å²) in [5.41, 5.74) is 0.204. The summed E-state index contributed by atoms with van der Waals surface area (Å²) in [4.78, 5) is 11.1. The summed E-state index contributed by atoms with van der Waals surface area (Å²) in [6, 6.07) is 4.79. The lowest BCUT2D eigenvalue weighted by molar-refractivity contribution is 0.0696. The first-order chi connectivity index (χ1) is 9.97. The maximum atomic E-state index is 13.9. The maximum Gasteiger partial charge on any atom is 0.337 e. The number of hydrogen-bond donors (Lipinski definition) is 2. The molecule has 2 heterocycles. The number of hydrogen-bond acceptors (Lipinski definition) is 4. The molecule has 8 heteroatoms. The summed E-state index contributed by atoms with van der Waals surface area (Å²) in [5, 5.41) is 26.0. The van der Waals surface area contributed by atoms with Crippen LogP contribution in [0.5, 0.6) is 5.75 Å². The Labute approximate surface area is 122 Å². The quantitative estimate of drug-likeness (QED) is 0.760. The first kappa shape index (κ1) is 13.3. The number of aromatic hydroxyl groups is 1. The van der Waals surface area contributed by atoms with E-state index in [1.165, 1.54) is 28.8 Å². The van der Waals surface area contributed by atoms with Gasteiger partial charge in [-0.3, -0.25) is 4.40 Å². The van der Waals surface area contributed by atoms with Crippen molar-refractivity contribution < 1.29 is 19.4 Å². The zero-order chi connectivity index (χ0) is 15.1. The molecule has 0 radical (unpaired) electrons. The van der Waals surface area contributed by atoms with Gasteiger partial charge in [0.15, 0.2) is 11.5 Å². The van der Waals surface area contributed by atoms with Crippen molar-refractivity contribution in [3.8, 4) is 17.1 Å². The van der Waals surface area contributed by atoms with Gasteiger partial charge in [0.05, 0.1) is 16.1 Å². The van der Waals surface area contributed by atoms with Crippen LogP contribution in [0.2, 0.25) is 5.02 Å². The summed E-state index contributed by atoms with van der Waals surface area (Å²) in [7, 11) is 0. The number of phenolic OH excluding ortho intramolecular Hbond substituents is 1. The van der Waals surface area contributed by atoms with Gasteiger partial charge in [0.25, 0.3) is 0 Å². The van der Waals surface area contributed by atoms with Crippen LogP contribution in [0.25, 0.3) is 17.0 Å². The number of benzene rings is 1. The monoisotopic (exact) mass is 307 g/mol. The molecule has 0 spiro atoms. The summed E-state index contributed by atoms with van der Waals surface area (Å²) in [6.45, 7) is 0. The molecule has 3 rings (SSSR count). The SMILES string of the molecule is O=C(O)c1cc(Cl)c2nnc(-c3ccc(O)cc3F)n2c1. The number of carbonyl (C=O) groups is 1. The molecule has 6 nitrogen and oxygen atoms in total. The Kier molecular flexibility index (Phi) is 2.99. The number of carboxylic acid groups (broad SMARTS) is 1. The largest absolute Gasteiger partial charge is 0.508 e. The fraction of sp³-hybridized carbons (Fsp3) is 0. The van der Waals surface area contributed by atoms with E-state index < -0.39 is 11.8 Å². The van der Waals surface area contributed by atoms with Crippen molar-refractivity contribution in [2.45, 2.75) is 0 Å². The molecule has 2 N–H and O–H groups in total. The lowest BCUT2D eigenvalue weighted by Gasteiger charge is -2.04. The van der Waals surface area contributed by atoms with Gasteiger partial charge in [0.1, 0.15) is 11.6 Å². The van der Waals surface area contributed by atoms with E-state index in [1.54, 1.807) is 0 Å². The third-order valence-electron chi connectivity index (χ3n) is 2.90. The normalized spacial score (nSPS) is 11.0. The van der Waals surface area contributed by atoms with E-state index in [0.29, 0.717) is 0 Å². The van der Waals surface area contributed by atoms with Gasteiger partial charge in [0.2, 0.25) is 0 Å². The molecule has 0 saturated heterocycles. The minimum Gasteiger partial charge on any atom is -0.508 e. The highest BCUT2D eigenvalue weighted by molar-refractivity contribution is 6.33. The van der Waals surface area contributed by atoms with E-state index in [9.17, 15) is 14.3 Å². The van der Waals surface area contributed by atoms with Crippen molar-refractivity contribution in [3.63, 3.8) is 0 Å². The number of pyridine rings is 1. The van der Waals surface area contributed by atoms with Crippen molar-refractivity contribution in [1.82, 2.24) is 14.6 Å². The molecule has 0 fully saturated rings. The molecular weight excluding hydrogens is 301 g/mol. The van der Waals surface area contributed by atoms with Crippen molar-refractivity contribution in [3.05, 3.63) is 46.9 Å². The molecule has 0 atom stereocenters. The third-order valence-corrected chi connectivity index (χ3v) is 3.18. The van der Waals surface area contributed by atoms with Crippen LogP contribution in [0.1, 0.15) is 10.4 Å². The van der Waals surface area contributed by atoms with Gasteiger partial charge in [-0.2, -0.15) is 0 Å². The highest BCUT2D eigenvalue weighted by Crippen LogP contribution is 2.27. The van der Waals surface area contributed by atoms with Crippen LogP contribution in [-0.4, -0.2) is 30.8 Å². The Balaban J connectivity index is 2.30. The molecule has 0 bridgehead atoms. The van der Waals surface area contributed by atoms with Crippen LogP contribution in [0.3, 0.4) is 0 Å². The second-order valence-corrected chi connectivity index (χ2v) is 4.67. The molecule has 0 amide bonds. The maximum absolute atomic E-state index is 13.9. The van der Waals surface area contributed by atoms with Gasteiger partial charge in [0, 0.05) is 12.3 Å². The number of rotatable bonds is 2. The van der Waals surface area contributed by atoms with Crippen LogP contribution in [-0.2, 0) is 0 Å². The minimum atomic E-state index is -1.18. The second-order valence-electron chi connectivity index (χ2n) is 4.26. The zero-order valence-electron chi connectivity index (χ0n) is 10.3. The van der Waals surface area contributed by atoms with E-state index in [-0.39, 0.29) is 33.4 Å². The number of fused-ring (bicyclic) bond motifs is 1. The molecular formula is C13H7ClFN3O3. The molecule has 0 aliphatic rings. The highest BCUT2D eigenvalue weighted by atomic mass is 35.5. The van der Waals surface area contributed by atoms with Crippen molar-refractivity contribution in [2.24, 2.45) is 0 Å². The van der Waals surface area contributed by atoms with Crippen LogP contribution in [0, 0.1) is 5.82 Å². The van der Waals surface area contributed by atoms with Gasteiger partial charge in [-0.15, -0.1) is 10.2 Å². The Hall–Kier alpha value is -2.67. The fourth-order valence-electron chi connectivity index (χ4n) is 1.94. The predicted molar refractivity (Wildman–Crippen MR) is 72.0 cm³/mol. The van der Waals surface area contributed by atoms with Gasteiger partial charge in [-0.25, -0.2) is 9.18 Å². The van der Waals surface area contributed by atoms with Crippen LogP contribution in [0.4, 0.5) is 4.39 Å². The number of aromatic carboxylic acids is 1. The molecule has 3 aromatic rings. The standard InChI is InChI=1S/C13H7ClFN3O3/c14-9-3-6(13(20)21)5-18-11(16-17-12(9)18)8-2-1-7(19)4-10(8)15/h1-5,19H,(H,20,21).